The van der Waals surface area contributed by atoms with E-state index >= 15 is 0 Å². The van der Waals surface area contributed by atoms with E-state index in [1.54, 1.807) is 0 Å². The van der Waals surface area contributed by atoms with Gasteiger partial charge in [0.1, 0.15) is 11.2 Å². The molecule has 0 unspecified atom stereocenters. The highest BCUT2D eigenvalue weighted by atomic mass is 16.3. The summed E-state index contributed by atoms with van der Waals surface area (Å²) >= 11 is 0. The number of benzene rings is 8. The van der Waals surface area contributed by atoms with Crippen LogP contribution in [-0.4, -0.2) is 13.7 Å². The van der Waals surface area contributed by atoms with Crippen LogP contribution in [-0.2, 0) is 0 Å². The van der Waals surface area contributed by atoms with E-state index in [0.717, 1.165) is 99.0 Å². The lowest BCUT2D eigenvalue weighted by atomic mass is 10.1. The zero-order valence-corrected chi connectivity index (χ0v) is 29.7. The van der Waals surface area contributed by atoms with Gasteiger partial charge in [-0.1, -0.05) is 72.8 Å². The first kappa shape index (κ1) is 30.4. The van der Waals surface area contributed by atoms with E-state index in [0.29, 0.717) is 11.3 Å². The van der Waals surface area contributed by atoms with Gasteiger partial charge in [0.15, 0.2) is 5.69 Å². The second-order valence-corrected chi connectivity index (χ2v) is 14.4. The number of nitrogens with zero attached hydrogens (tertiary/aromatic N) is 5. The second kappa shape index (κ2) is 11.2. The largest absolute Gasteiger partial charge is 0.456 e. The summed E-state index contributed by atoms with van der Waals surface area (Å²) < 4.78 is 13.5. The van der Waals surface area contributed by atoms with Crippen molar-refractivity contribution in [3.05, 3.63) is 181 Å². The summed E-state index contributed by atoms with van der Waals surface area (Å²) in [6.07, 6.45) is 0. The molecule has 0 atom stereocenters. The molecule has 0 amide bonds. The Morgan fingerprint density at radius 1 is 0.429 bits per heavy atom. The highest BCUT2D eigenvalue weighted by Crippen LogP contribution is 2.43. The number of nitriles is 1. The summed E-state index contributed by atoms with van der Waals surface area (Å²) in [5.41, 5.74) is 12.5. The van der Waals surface area contributed by atoms with Crippen molar-refractivity contribution >= 4 is 93.0 Å². The Morgan fingerprint density at radius 2 is 0.964 bits per heavy atom. The van der Waals surface area contributed by atoms with E-state index in [4.69, 9.17) is 11.0 Å². The number of rotatable bonds is 3. The molecule has 0 aliphatic rings. The van der Waals surface area contributed by atoms with Gasteiger partial charge in [0.2, 0.25) is 0 Å². The number of aromatic nitrogens is 3. The third kappa shape index (κ3) is 4.07. The fourth-order valence-corrected chi connectivity index (χ4v) is 9.07. The molecule has 0 saturated heterocycles. The van der Waals surface area contributed by atoms with E-state index in [1.807, 2.05) is 42.5 Å². The van der Waals surface area contributed by atoms with E-state index < -0.39 is 0 Å². The predicted octanol–water partition coefficient (Wildman–Crippen LogP) is 13.3. The minimum Gasteiger partial charge on any atom is -0.456 e. The minimum atomic E-state index is 0.620. The molecule has 8 aromatic carbocycles. The van der Waals surface area contributed by atoms with Crippen molar-refractivity contribution in [3.8, 4) is 23.1 Å². The van der Waals surface area contributed by atoms with Gasteiger partial charge in [-0.3, -0.25) is 0 Å². The Kier molecular flexibility index (Phi) is 6.10. The van der Waals surface area contributed by atoms with Crippen LogP contribution in [0.15, 0.2) is 168 Å². The first-order valence-electron chi connectivity index (χ1n) is 18.5. The first-order chi connectivity index (χ1) is 27.7. The SMILES string of the molecule is [C-]#[N+]c1ccc2c(c1)c1ccc3c4ccccc4n(-c4ccc5oc6ccc(-n7c8ccccc8c8cc(C#N)ccc87)cc6c5c4)c3c1n2-c1ccccc1. The molecule has 12 aromatic rings. The molecule has 0 radical (unpaired) electrons. The summed E-state index contributed by atoms with van der Waals surface area (Å²) in [4.78, 5) is 3.79. The van der Waals surface area contributed by atoms with E-state index in [2.05, 4.69) is 146 Å². The van der Waals surface area contributed by atoms with Crippen LogP contribution in [0.4, 0.5) is 5.69 Å². The van der Waals surface area contributed by atoms with Crippen LogP contribution in [0.1, 0.15) is 5.56 Å². The molecular weight excluding hydrogens is 687 g/mol. The minimum absolute atomic E-state index is 0.620. The van der Waals surface area contributed by atoms with Gasteiger partial charge in [0.25, 0.3) is 0 Å². The normalized spacial score (nSPS) is 11.9. The molecule has 6 nitrogen and oxygen atoms in total. The van der Waals surface area contributed by atoms with Crippen molar-refractivity contribution in [1.82, 2.24) is 13.7 Å². The van der Waals surface area contributed by atoms with Gasteiger partial charge in [-0.25, -0.2) is 4.85 Å². The third-order valence-electron chi connectivity index (χ3n) is 11.4. The molecule has 4 aromatic heterocycles. The monoisotopic (exact) mass is 713 g/mol. The molecule has 0 aliphatic heterocycles. The van der Waals surface area contributed by atoms with Crippen molar-refractivity contribution in [2.45, 2.75) is 0 Å². The smallest absolute Gasteiger partial charge is 0.188 e. The van der Waals surface area contributed by atoms with Gasteiger partial charge in [0.05, 0.1) is 51.3 Å². The lowest BCUT2D eigenvalue weighted by molar-refractivity contribution is 0.669. The van der Waals surface area contributed by atoms with E-state index in [9.17, 15) is 5.26 Å². The van der Waals surface area contributed by atoms with Gasteiger partial charge in [-0.15, -0.1) is 0 Å². The van der Waals surface area contributed by atoms with E-state index in [-0.39, 0.29) is 0 Å². The summed E-state index contributed by atoms with van der Waals surface area (Å²) in [7, 11) is 0. The quantitative estimate of drug-likeness (QED) is 0.171. The summed E-state index contributed by atoms with van der Waals surface area (Å²) in [5.74, 6) is 0. The Bertz CT molecular complexity index is 3730. The van der Waals surface area contributed by atoms with Crippen molar-refractivity contribution in [3.63, 3.8) is 0 Å². The van der Waals surface area contributed by atoms with Crippen LogP contribution in [0.2, 0.25) is 0 Å². The maximum atomic E-state index is 9.69. The average molecular weight is 714 g/mol. The fourth-order valence-electron chi connectivity index (χ4n) is 9.07. The maximum Gasteiger partial charge on any atom is 0.188 e. The van der Waals surface area contributed by atoms with Crippen molar-refractivity contribution in [2.75, 3.05) is 0 Å². The van der Waals surface area contributed by atoms with E-state index in [1.165, 1.54) is 5.39 Å². The molecular formula is C50H27N5O. The molecule has 6 heteroatoms. The molecule has 258 valence electrons. The Balaban J connectivity index is 1.16. The molecule has 56 heavy (non-hydrogen) atoms. The van der Waals surface area contributed by atoms with Crippen LogP contribution < -0.4 is 0 Å². The highest BCUT2D eigenvalue weighted by molar-refractivity contribution is 6.24. The first-order valence-corrected chi connectivity index (χ1v) is 18.5. The molecule has 0 spiro atoms. The van der Waals surface area contributed by atoms with Gasteiger partial charge in [-0.2, -0.15) is 5.26 Å². The number of fused-ring (bicyclic) bond motifs is 13. The molecule has 0 N–H and O–H groups in total. The van der Waals surface area contributed by atoms with Crippen molar-refractivity contribution < 1.29 is 4.42 Å². The molecule has 4 heterocycles. The third-order valence-corrected chi connectivity index (χ3v) is 11.4. The van der Waals surface area contributed by atoms with Crippen molar-refractivity contribution in [2.24, 2.45) is 0 Å². The molecule has 0 saturated carbocycles. The number of para-hydroxylation sites is 3. The lowest BCUT2D eigenvalue weighted by Gasteiger charge is -2.12. The molecule has 0 fully saturated rings. The number of hydrogen-bond acceptors (Lipinski definition) is 2. The lowest BCUT2D eigenvalue weighted by Crippen LogP contribution is -1.98. The Morgan fingerprint density at radius 3 is 1.66 bits per heavy atom. The topological polar surface area (TPSA) is 56.1 Å². The summed E-state index contributed by atoms with van der Waals surface area (Å²) in [6.45, 7) is 7.79. The summed E-state index contributed by atoms with van der Waals surface area (Å²) in [5, 5.41) is 18.4. The standard InChI is InChI=1S/C50H27N5O/c1-52-31-16-22-46-40(26-31)38-20-19-37-35-11-5-8-14-44(35)55(49(37)50(38)54(46)32-9-3-2-4-10-32)34-18-24-48-42(28-34)41-27-33(17-23-47(41)56-48)53-43-13-7-6-12-36(43)39-25-30(29-51)15-21-45(39)53/h2-28H. The van der Waals surface area contributed by atoms with Gasteiger partial charge >= 0.3 is 0 Å². The van der Waals surface area contributed by atoms with Gasteiger partial charge in [-0.05, 0) is 96.4 Å². The maximum absolute atomic E-state index is 9.69. The summed E-state index contributed by atoms with van der Waals surface area (Å²) in [6, 6.07) is 59.1. The van der Waals surface area contributed by atoms with Crippen molar-refractivity contribution in [1.29, 1.82) is 5.26 Å². The fraction of sp³-hybridized carbons (Fsp3) is 0. The van der Waals surface area contributed by atoms with Crippen LogP contribution in [0.25, 0.3) is 109 Å². The Labute approximate surface area is 319 Å². The number of furan rings is 1. The predicted molar refractivity (Wildman–Crippen MR) is 228 cm³/mol. The average Bonchev–Trinajstić information content (AvgIpc) is 3.99. The second-order valence-electron chi connectivity index (χ2n) is 14.4. The molecule has 12 rings (SSSR count). The highest BCUT2D eigenvalue weighted by Gasteiger charge is 2.22. The zero-order chi connectivity index (χ0) is 37.1. The molecule has 0 aliphatic carbocycles. The van der Waals surface area contributed by atoms with Gasteiger partial charge < -0.3 is 18.1 Å². The molecule has 0 bridgehead atoms. The zero-order valence-electron chi connectivity index (χ0n) is 29.7. The van der Waals surface area contributed by atoms with Crippen LogP contribution >= 0.6 is 0 Å². The number of hydrogen-bond donors (Lipinski definition) is 0. The van der Waals surface area contributed by atoms with Gasteiger partial charge in [0, 0.05) is 54.8 Å². The van der Waals surface area contributed by atoms with Crippen LogP contribution in [0.3, 0.4) is 0 Å². The Hall–Kier alpha value is -8.06. The van der Waals surface area contributed by atoms with Crippen LogP contribution in [0, 0.1) is 17.9 Å². The van der Waals surface area contributed by atoms with Crippen LogP contribution in [0.5, 0.6) is 0 Å².